The zero-order valence-electron chi connectivity index (χ0n) is 6.36. The molecule has 1 N–H and O–H groups in total. The van der Waals surface area contributed by atoms with Gasteiger partial charge in [-0.15, -0.1) is 12.4 Å². The van der Waals surface area contributed by atoms with Gasteiger partial charge in [0.2, 0.25) is 0 Å². The molecule has 1 aliphatic heterocycles. The van der Waals surface area contributed by atoms with Crippen LogP contribution in [0.4, 0.5) is 0 Å². The molecule has 10 heavy (non-hydrogen) atoms. The Hall–Kier alpha value is 0.250. The van der Waals surface area contributed by atoms with Crippen LogP contribution in [0.5, 0.6) is 0 Å². The fraction of sp³-hybridized carbons (Fsp3) is 1.00. The molecule has 0 amide bonds. The number of piperidine rings is 1. The molecule has 0 aromatic carbocycles. The first-order valence-electron chi connectivity index (χ1n) is 4.12. The van der Waals surface area contributed by atoms with Gasteiger partial charge in [-0.25, -0.2) is 0 Å². The quantitative estimate of drug-likeness (QED) is 0.573. The van der Waals surface area contributed by atoms with Crippen LogP contribution in [0.1, 0.15) is 32.1 Å². The Morgan fingerprint density at radius 2 is 1.70 bits per heavy atom. The topological polar surface area (TPSA) is 12.0 Å². The Kier molecular flexibility index (Phi) is 2.59. The number of halogens is 1. The van der Waals surface area contributed by atoms with Crippen molar-refractivity contribution in [1.82, 2.24) is 5.32 Å². The zero-order valence-corrected chi connectivity index (χ0v) is 7.17. The lowest BCUT2D eigenvalue weighted by atomic mass is 9.65. The van der Waals surface area contributed by atoms with Gasteiger partial charge in [-0.05, 0) is 37.6 Å². The van der Waals surface area contributed by atoms with Crippen LogP contribution in [0.3, 0.4) is 0 Å². The van der Waals surface area contributed by atoms with Gasteiger partial charge in [-0.3, -0.25) is 0 Å². The number of hydrogen-bond acceptors (Lipinski definition) is 1. The van der Waals surface area contributed by atoms with Gasteiger partial charge in [-0.2, -0.15) is 0 Å². The van der Waals surface area contributed by atoms with Gasteiger partial charge in [0, 0.05) is 6.54 Å². The van der Waals surface area contributed by atoms with Crippen molar-refractivity contribution in [3.05, 3.63) is 0 Å². The molecule has 1 aliphatic carbocycles. The highest BCUT2D eigenvalue weighted by molar-refractivity contribution is 5.85. The van der Waals surface area contributed by atoms with Crippen molar-refractivity contribution in [1.29, 1.82) is 0 Å². The van der Waals surface area contributed by atoms with Gasteiger partial charge in [0.15, 0.2) is 0 Å². The fourth-order valence-electron chi connectivity index (χ4n) is 2.13. The average Bonchev–Trinajstić information content (AvgIpc) is 1.87. The monoisotopic (exact) mass is 161 g/mol. The first-order chi connectivity index (χ1) is 4.41. The van der Waals surface area contributed by atoms with Crippen molar-refractivity contribution in [2.75, 3.05) is 13.1 Å². The molecule has 1 heterocycles. The second-order valence-electron chi connectivity index (χ2n) is 3.63. The lowest BCUT2D eigenvalue weighted by Gasteiger charge is -2.45. The smallest absolute Gasteiger partial charge is 0.000781 e. The highest BCUT2D eigenvalue weighted by atomic mass is 35.5. The van der Waals surface area contributed by atoms with Gasteiger partial charge < -0.3 is 5.32 Å². The molecule has 2 aliphatic rings. The summed E-state index contributed by atoms with van der Waals surface area (Å²) >= 11 is 0. The van der Waals surface area contributed by atoms with E-state index in [9.17, 15) is 0 Å². The first kappa shape index (κ1) is 8.35. The lowest BCUT2D eigenvalue weighted by molar-refractivity contribution is 0.0935. The van der Waals surface area contributed by atoms with Crippen LogP contribution in [0, 0.1) is 5.41 Å². The standard InChI is InChI=1S/C8H15N.ClH/c1-3-8(4-1)5-2-6-9-7-8;/h9H,1-7H2;1H. The molecule has 2 rings (SSSR count). The van der Waals surface area contributed by atoms with Crippen LogP contribution in [-0.4, -0.2) is 13.1 Å². The van der Waals surface area contributed by atoms with Crippen molar-refractivity contribution in [3.8, 4) is 0 Å². The number of rotatable bonds is 0. The van der Waals surface area contributed by atoms with E-state index in [-0.39, 0.29) is 12.4 Å². The van der Waals surface area contributed by atoms with E-state index in [1.807, 2.05) is 0 Å². The molecule has 1 saturated heterocycles. The van der Waals surface area contributed by atoms with E-state index < -0.39 is 0 Å². The van der Waals surface area contributed by atoms with E-state index in [1.54, 1.807) is 0 Å². The van der Waals surface area contributed by atoms with Gasteiger partial charge in [0.25, 0.3) is 0 Å². The molecule has 2 heteroatoms. The summed E-state index contributed by atoms with van der Waals surface area (Å²) in [5, 5.41) is 3.48. The van der Waals surface area contributed by atoms with Crippen molar-refractivity contribution in [2.45, 2.75) is 32.1 Å². The zero-order chi connectivity index (χ0) is 6.16. The molecule has 1 nitrogen and oxygen atoms in total. The molecule has 60 valence electrons. The minimum absolute atomic E-state index is 0. The minimum atomic E-state index is 0. The maximum absolute atomic E-state index is 3.48. The van der Waals surface area contributed by atoms with E-state index in [1.165, 1.54) is 45.2 Å². The largest absolute Gasteiger partial charge is 0.316 e. The highest BCUT2D eigenvalue weighted by Crippen LogP contribution is 2.45. The number of nitrogens with one attached hydrogen (secondary N) is 1. The molecule has 0 aromatic heterocycles. The molecular formula is C8H16ClN. The van der Waals surface area contributed by atoms with Crippen LogP contribution in [0.2, 0.25) is 0 Å². The van der Waals surface area contributed by atoms with Crippen LogP contribution in [0.15, 0.2) is 0 Å². The Balaban J connectivity index is 0.000000500. The average molecular weight is 162 g/mol. The predicted octanol–water partition coefficient (Wildman–Crippen LogP) is 1.96. The summed E-state index contributed by atoms with van der Waals surface area (Å²) in [6, 6.07) is 0. The molecule has 0 aromatic rings. The first-order valence-corrected chi connectivity index (χ1v) is 4.12. The Labute approximate surface area is 69.0 Å². The maximum Gasteiger partial charge on any atom is 0.000781 e. The molecule has 1 spiro atoms. The van der Waals surface area contributed by atoms with Crippen LogP contribution in [0.25, 0.3) is 0 Å². The Morgan fingerprint density at radius 1 is 1.00 bits per heavy atom. The van der Waals surface area contributed by atoms with Gasteiger partial charge in [0.05, 0.1) is 0 Å². The molecule has 0 atom stereocenters. The third-order valence-electron chi connectivity index (χ3n) is 2.97. The summed E-state index contributed by atoms with van der Waals surface area (Å²) < 4.78 is 0. The van der Waals surface area contributed by atoms with Crippen molar-refractivity contribution in [2.24, 2.45) is 5.41 Å². The third kappa shape index (κ3) is 1.30. The third-order valence-corrected chi connectivity index (χ3v) is 2.97. The van der Waals surface area contributed by atoms with Gasteiger partial charge in [0.1, 0.15) is 0 Å². The van der Waals surface area contributed by atoms with E-state index >= 15 is 0 Å². The van der Waals surface area contributed by atoms with E-state index in [4.69, 9.17) is 0 Å². The SMILES string of the molecule is C1CNCC2(C1)CCC2.Cl. The van der Waals surface area contributed by atoms with Crippen molar-refractivity contribution in [3.63, 3.8) is 0 Å². The van der Waals surface area contributed by atoms with E-state index in [0.29, 0.717) is 0 Å². The molecule has 1 saturated carbocycles. The Bertz CT molecular complexity index is 102. The van der Waals surface area contributed by atoms with Gasteiger partial charge in [-0.1, -0.05) is 6.42 Å². The van der Waals surface area contributed by atoms with Crippen LogP contribution < -0.4 is 5.32 Å². The fourth-order valence-corrected chi connectivity index (χ4v) is 2.13. The second-order valence-corrected chi connectivity index (χ2v) is 3.63. The van der Waals surface area contributed by atoms with E-state index in [0.717, 1.165) is 5.41 Å². The summed E-state index contributed by atoms with van der Waals surface area (Å²) in [6.07, 6.45) is 7.40. The summed E-state index contributed by atoms with van der Waals surface area (Å²) in [4.78, 5) is 0. The van der Waals surface area contributed by atoms with Crippen molar-refractivity contribution >= 4 is 12.4 Å². The lowest BCUT2D eigenvalue weighted by Crippen LogP contribution is -2.44. The summed E-state index contributed by atoms with van der Waals surface area (Å²) in [7, 11) is 0. The summed E-state index contributed by atoms with van der Waals surface area (Å²) in [5.41, 5.74) is 0.790. The summed E-state index contributed by atoms with van der Waals surface area (Å²) in [6.45, 7) is 2.58. The molecule has 2 fully saturated rings. The minimum Gasteiger partial charge on any atom is -0.316 e. The molecule has 0 unspecified atom stereocenters. The molecular weight excluding hydrogens is 146 g/mol. The van der Waals surface area contributed by atoms with E-state index in [2.05, 4.69) is 5.32 Å². The van der Waals surface area contributed by atoms with Gasteiger partial charge >= 0.3 is 0 Å². The Morgan fingerprint density at radius 3 is 2.00 bits per heavy atom. The molecule has 0 radical (unpaired) electrons. The number of hydrogen-bond donors (Lipinski definition) is 1. The van der Waals surface area contributed by atoms with Crippen molar-refractivity contribution < 1.29 is 0 Å². The highest BCUT2D eigenvalue weighted by Gasteiger charge is 2.37. The predicted molar refractivity (Wildman–Crippen MR) is 45.6 cm³/mol. The van der Waals surface area contributed by atoms with Crippen LogP contribution in [-0.2, 0) is 0 Å². The molecule has 0 bridgehead atoms. The van der Waals surface area contributed by atoms with Crippen LogP contribution >= 0.6 is 12.4 Å². The normalized spacial score (nSPS) is 28.8. The maximum atomic E-state index is 3.48. The second kappa shape index (κ2) is 3.10. The summed E-state index contributed by atoms with van der Waals surface area (Å²) in [5.74, 6) is 0.